The first-order valence-corrected chi connectivity index (χ1v) is 12.4. The number of nitrogens with zero attached hydrogens (tertiary/aromatic N) is 4. The van der Waals surface area contributed by atoms with Crippen LogP contribution in [0.25, 0.3) is 0 Å². The average Bonchev–Trinajstić information content (AvgIpc) is 3.09. The Morgan fingerprint density at radius 1 is 1.06 bits per heavy atom. The van der Waals surface area contributed by atoms with Gasteiger partial charge >= 0.3 is 0 Å². The second-order valence-electron chi connectivity index (χ2n) is 8.44. The monoisotopic (exact) mass is 472 g/mol. The summed E-state index contributed by atoms with van der Waals surface area (Å²) in [7, 11) is 1.55. The number of rotatable bonds is 6. The fraction of sp³-hybridized carbons (Fsp3) is 0.333. The lowest BCUT2D eigenvalue weighted by atomic mass is 10.1. The van der Waals surface area contributed by atoms with Crippen molar-refractivity contribution in [2.24, 2.45) is 7.05 Å². The van der Waals surface area contributed by atoms with Gasteiger partial charge in [0.25, 0.3) is 10.2 Å². The second-order valence-corrected chi connectivity index (χ2v) is 11.0. The smallest absolute Gasteiger partial charge is 0.282 e. The van der Waals surface area contributed by atoms with Crippen LogP contribution in [0.2, 0.25) is 5.02 Å². The van der Waals surface area contributed by atoms with Gasteiger partial charge in [-0.05, 0) is 47.9 Å². The number of fused-ring (bicyclic) bond motifs is 1. The minimum atomic E-state index is -3.65. The molecule has 0 bridgehead atoms. The molecule has 2 aromatic carbocycles. The quantitative estimate of drug-likeness (QED) is 0.546. The Bertz CT molecular complexity index is 1180. The number of aromatic nitrogens is 1. The molecule has 0 saturated carbocycles. The number of benzene rings is 2. The van der Waals surface area contributed by atoms with Crippen molar-refractivity contribution < 1.29 is 8.42 Å². The Balaban J connectivity index is 1.80. The molecule has 1 aromatic heterocycles. The van der Waals surface area contributed by atoms with Crippen LogP contribution < -0.4 is 4.90 Å². The standard InChI is InChI=1S/C24H29ClN4O2S/c1-26(2)32(30,31)29-16-20-15-21(25)11-12-24(20)28(17-22-10-7-13-27(22)3)18-23(29)14-19-8-5-4-6-9-19/h4-13,15,23H,14,16-18H2,1-3H3/t23-/m1/s1. The van der Waals surface area contributed by atoms with Crippen LogP contribution in [0.3, 0.4) is 0 Å². The first-order valence-electron chi connectivity index (χ1n) is 10.6. The molecule has 8 heteroatoms. The third-order valence-corrected chi connectivity index (χ3v) is 8.20. The van der Waals surface area contributed by atoms with Crippen molar-refractivity contribution in [3.63, 3.8) is 0 Å². The van der Waals surface area contributed by atoms with Gasteiger partial charge in [-0.1, -0.05) is 41.9 Å². The minimum Gasteiger partial charge on any atom is -0.364 e. The summed E-state index contributed by atoms with van der Waals surface area (Å²) >= 11 is 6.34. The van der Waals surface area contributed by atoms with E-state index in [1.165, 1.54) is 4.31 Å². The van der Waals surface area contributed by atoms with E-state index in [1.807, 2.05) is 55.7 Å². The van der Waals surface area contributed by atoms with Crippen LogP contribution in [0.1, 0.15) is 16.8 Å². The molecule has 0 aliphatic carbocycles. The van der Waals surface area contributed by atoms with Crippen LogP contribution in [0, 0.1) is 0 Å². The van der Waals surface area contributed by atoms with Crippen molar-refractivity contribution in [3.8, 4) is 0 Å². The zero-order valence-corrected chi connectivity index (χ0v) is 20.2. The number of hydrogen-bond donors (Lipinski definition) is 0. The van der Waals surface area contributed by atoms with Gasteiger partial charge in [-0.25, -0.2) is 0 Å². The molecular formula is C24H29ClN4O2S. The number of aryl methyl sites for hydroxylation is 1. The Labute approximate surface area is 195 Å². The normalized spacial score (nSPS) is 17.4. The molecular weight excluding hydrogens is 444 g/mol. The Hall–Kier alpha value is -2.32. The van der Waals surface area contributed by atoms with Crippen molar-refractivity contribution in [1.29, 1.82) is 0 Å². The van der Waals surface area contributed by atoms with Crippen molar-refractivity contribution >= 4 is 27.5 Å². The van der Waals surface area contributed by atoms with Gasteiger partial charge in [0.05, 0.1) is 6.54 Å². The molecule has 2 heterocycles. The number of hydrogen-bond acceptors (Lipinski definition) is 3. The maximum Gasteiger partial charge on any atom is 0.282 e. The molecule has 0 N–H and O–H groups in total. The molecule has 0 saturated heterocycles. The van der Waals surface area contributed by atoms with E-state index in [4.69, 9.17) is 11.6 Å². The number of anilines is 1. The maximum atomic E-state index is 13.4. The van der Waals surface area contributed by atoms with Crippen LogP contribution in [0.5, 0.6) is 0 Å². The highest BCUT2D eigenvalue weighted by atomic mass is 35.5. The topological polar surface area (TPSA) is 48.8 Å². The molecule has 0 unspecified atom stereocenters. The van der Waals surface area contributed by atoms with Crippen LogP contribution in [0.4, 0.5) is 5.69 Å². The van der Waals surface area contributed by atoms with Gasteiger partial charge in [0, 0.05) is 62.9 Å². The fourth-order valence-electron chi connectivity index (χ4n) is 4.27. The maximum absolute atomic E-state index is 13.4. The van der Waals surface area contributed by atoms with E-state index < -0.39 is 10.2 Å². The molecule has 0 amide bonds. The predicted molar refractivity (Wildman–Crippen MR) is 130 cm³/mol. The van der Waals surface area contributed by atoms with Crippen molar-refractivity contribution in [2.75, 3.05) is 25.5 Å². The summed E-state index contributed by atoms with van der Waals surface area (Å²) in [6.07, 6.45) is 2.65. The summed E-state index contributed by atoms with van der Waals surface area (Å²) < 4.78 is 31.8. The molecule has 1 atom stereocenters. The molecule has 1 aliphatic heterocycles. The van der Waals surface area contributed by atoms with Gasteiger partial charge in [-0.15, -0.1) is 0 Å². The highest BCUT2D eigenvalue weighted by molar-refractivity contribution is 7.86. The zero-order valence-electron chi connectivity index (χ0n) is 18.6. The summed E-state index contributed by atoms with van der Waals surface area (Å²) in [4.78, 5) is 2.28. The Kier molecular flexibility index (Phi) is 6.62. The van der Waals surface area contributed by atoms with Gasteiger partial charge in [-0.3, -0.25) is 0 Å². The SMILES string of the molecule is CN(C)S(=O)(=O)N1Cc2cc(Cl)ccc2N(Cc2cccn2C)C[C@H]1Cc1ccccc1. The summed E-state index contributed by atoms with van der Waals surface area (Å²) in [6, 6.07) is 19.7. The zero-order chi connectivity index (χ0) is 22.9. The summed E-state index contributed by atoms with van der Waals surface area (Å²) in [6.45, 7) is 1.53. The van der Waals surface area contributed by atoms with E-state index in [2.05, 4.69) is 27.7 Å². The summed E-state index contributed by atoms with van der Waals surface area (Å²) in [5, 5.41) is 0.603. The van der Waals surface area contributed by atoms with Gasteiger partial charge in [0.15, 0.2) is 0 Å². The average molecular weight is 473 g/mol. The third-order valence-electron chi connectivity index (χ3n) is 6.02. The van der Waals surface area contributed by atoms with Crippen LogP contribution in [0.15, 0.2) is 66.9 Å². The molecule has 6 nitrogen and oxygen atoms in total. The first-order chi connectivity index (χ1) is 15.3. The minimum absolute atomic E-state index is 0.240. The van der Waals surface area contributed by atoms with Crippen LogP contribution in [-0.4, -0.2) is 48.3 Å². The summed E-state index contributed by atoms with van der Waals surface area (Å²) in [5.74, 6) is 0. The summed E-state index contributed by atoms with van der Waals surface area (Å²) in [5.41, 5.74) is 4.20. The van der Waals surface area contributed by atoms with Gasteiger partial charge in [0.2, 0.25) is 0 Å². The Morgan fingerprint density at radius 2 is 1.81 bits per heavy atom. The van der Waals surface area contributed by atoms with E-state index in [0.717, 1.165) is 22.5 Å². The van der Waals surface area contributed by atoms with Crippen molar-refractivity contribution in [3.05, 3.63) is 88.7 Å². The lowest BCUT2D eigenvalue weighted by Crippen LogP contribution is -2.49. The predicted octanol–water partition coefficient (Wildman–Crippen LogP) is 3.92. The molecule has 32 heavy (non-hydrogen) atoms. The highest BCUT2D eigenvalue weighted by Gasteiger charge is 2.36. The molecule has 0 spiro atoms. The molecule has 1 aliphatic rings. The van der Waals surface area contributed by atoms with Gasteiger partial charge in [-0.2, -0.15) is 17.0 Å². The lowest BCUT2D eigenvalue weighted by molar-refractivity contribution is 0.297. The van der Waals surface area contributed by atoms with Crippen LogP contribution in [-0.2, 0) is 36.8 Å². The first kappa shape index (κ1) is 22.9. The third kappa shape index (κ3) is 4.71. The largest absolute Gasteiger partial charge is 0.364 e. The number of halogens is 1. The van der Waals surface area contributed by atoms with E-state index in [9.17, 15) is 8.42 Å². The van der Waals surface area contributed by atoms with Crippen molar-refractivity contribution in [1.82, 2.24) is 13.2 Å². The van der Waals surface area contributed by atoms with E-state index >= 15 is 0 Å². The fourth-order valence-corrected chi connectivity index (χ4v) is 5.70. The van der Waals surface area contributed by atoms with E-state index in [0.29, 0.717) is 24.5 Å². The molecule has 0 radical (unpaired) electrons. The molecule has 170 valence electrons. The van der Waals surface area contributed by atoms with Crippen molar-refractivity contribution in [2.45, 2.75) is 25.6 Å². The molecule has 0 fully saturated rings. The molecule has 4 rings (SSSR count). The van der Waals surface area contributed by atoms with E-state index in [1.54, 1.807) is 18.4 Å². The van der Waals surface area contributed by atoms with Gasteiger partial charge in [0.1, 0.15) is 0 Å². The lowest BCUT2D eigenvalue weighted by Gasteiger charge is -2.33. The molecule has 3 aromatic rings. The van der Waals surface area contributed by atoms with E-state index in [-0.39, 0.29) is 12.6 Å². The van der Waals surface area contributed by atoms with Crippen LogP contribution >= 0.6 is 11.6 Å². The van der Waals surface area contributed by atoms with Gasteiger partial charge < -0.3 is 9.47 Å². The Morgan fingerprint density at radius 3 is 2.47 bits per heavy atom. The second kappa shape index (κ2) is 9.27. The highest BCUT2D eigenvalue weighted by Crippen LogP contribution is 2.33.